The molecule has 1 aliphatic carbocycles. The van der Waals surface area contributed by atoms with Crippen molar-refractivity contribution in [2.45, 2.75) is 43.9 Å². The summed E-state index contributed by atoms with van der Waals surface area (Å²) >= 11 is 6.03. The van der Waals surface area contributed by atoms with Crippen LogP contribution in [0.4, 0.5) is 0 Å². The Hall–Kier alpha value is -2.01. The molecule has 1 saturated carbocycles. The van der Waals surface area contributed by atoms with Crippen LogP contribution < -0.4 is 10.1 Å². The van der Waals surface area contributed by atoms with Crippen molar-refractivity contribution in [2.24, 2.45) is 0 Å². The number of hydrogen-bond donors (Lipinski definition) is 3. The van der Waals surface area contributed by atoms with Gasteiger partial charge in [0.15, 0.2) is 0 Å². The third-order valence-electron chi connectivity index (χ3n) is 5.36. The van der Waals surface area contributed by atoms with Crippen LogP contribution in [-0.2, 0) is 6.42 Å². The highest BCUT2D eigenvalue weighted by molar-refractivity contribution is 6.30. The first kappa shape index (κ1) is 18.4. The molecule has 0 radical (unpaired) electrons. The molecule has 4 nitrogen and oxygen atoms in total. The second kappa shape index (κ2) is 8.34. The summed E-state index contributed by atoms with van der Waals surface area (Å²) in [5.74, 6) is 0.714. The lowest BCUT2D eigenvalue weighted by atomic mass is 9.89. The van der Waals surface area contributed by atoms with E-state index in [2.05, 4.69) is 34.7 Å². The van der Waals surface area contributed by atoms with E-state index in [1.165, 1.54) is 16.5 Å². The second-order valence-corrected chi connectivity index (χ2v) is 7.64. The van der Waals surface area contributed by atoms with Crippen molar-refractivity contribution in [3.63, 3.8) is 0 Å². The molecule has 4 rings (SSSR count). The fourth-order valence-electron chi connectivity index (χ4n) is 3.94. The summed E-state index contributed by atoms with van der Waals surface area (Å²) in [6.07, 6.45) is 5.12. The van der Waals surface area contributed by atoms with Crippen molar-refractivity contribution in [2.75, 3.05) is 6.54 Å². The maximum Gasteiger partial charge on any atom is 0.126 e. The van der Waals surface area contributed by atoms with Gasteiger partial charge in [-0.05, 0) is 62.1 Å². The average Bonchev–Trinajstić information content (AvgIpc) is 3.08. The Morgan fingerprint density at radius 3 is 2.93 bits per heavy atom. The van der Waals surface area contributed by atoms with E-state index in [0.29, 0.717) is 10.8 Å². The maximum absolute atomic E-state index is 10.8. The summed E-state index contributed by atoms with van der Waals surface area (Å²) in [7, 11) is 0. The van der Waals surface area contributed by atoms with Crippen LogP contribution in [0.2, 0.25) is 5.02 Å². The monoisotopic (exact) mass is 384 g/mol. The van der Waals surface area contributed by atoms with Gasteiger partial charge >= 0.3 is 0 Å². The molecular weight excluding hydrogens is 360 g/mol. The molecule has 3 N–H and O–H groups in total. The van der Waals surface area contributed by atoms with Crippen LogP contribution in [0.5, 0.6) is 5.75 Å². The Bertz CT molecular complexity index is 895. The number of aliphatic hydroxyl groups is 1. The number of benzene rings is 2. The van der Waals surface area contributed by atoms with E-state index in [-0.39, 0.29) is 12.1 Å². The molecule has 1 fully saturated rings. The molecule has 142 valence electrons. The number of hydrogen-bond acceptors (Lipinski definition) is 3. The van der Waals surface area contributed by atoms with Crippen LogP contribution >= 0.6 is 11.6 Å². The Labute approximate surface area is 164 Å². The van der Waals surface area contributed by atoms with Crippen molar-refractivity contribution in [1.82, 2.24) is 10.3 Å². The third-order valence-corrected chi connectivity index (χ3v) is 5.59. The minimum absolute atomic E-state index is 0.0492. The van der Waals surface area contributed by atoms with Gasteiger partial charge in [-0.2, -0.15) is 0 Å². The molecule has 3 atom stereocenters. The topological polar surface area (TPSA) is 57.3 Å². The molecule has 1 heterocycles. The highest BCUT2D eigenvalue weighted by Gasteiger charge is 2.33. The quantitative estimate of drug-likeness (QED) is 0.593. The summed E-state index contributed by atoms with van der Waals surface area (Å²) in [5.41, 5.74) is 2.47. The van der Waals surface area contributed by atoms with Gasteiger partial charge in [0.1, 0.15) is 18.0 Å². The normalized spacial score (nSPS) is 22.8. The van der Waals surface area contributed by atoms with Crippen molar-refractivity contribution in [3.8, 4) is 5.75 Å². The van der Waals surface area contributed by atoms with Gasteiger partial charge < -0.3 is 20.1 Å². The number of halogens is 1. The summed E-state index contributed by atoms with van der Waals surface area (Å²) in [4.78, 5) is 3.32. The SMILES string of the molecule is O[C@@H]1[C@@H](NCCc2c[nH]c3ccccc23)CCC[C@H]1Oc1cccc(Cl)c1. The average molecular weight is 385 g/mol. The molecule has 0 aliphatic heterocycles. The van der Waals surface area contributed by atoms with Gasteiger partial charge in [-0.1, -0.05) is 35.9 Å². The van der Waals surface area contributed by atoms with E-state index < -0.39 is 6.10 Å². The van der Waals surface area contributed by atoms with Gasteiger partial charge in [-0.25, -0.2) is 0 Å². The van der Waals surface area contributed by atoms with Gasteiger partial charge in [0.05, 0.1) is 0 Å². The fourth-order valence-corrected chi connectivity index (χ4v) is 4.12. The summed E-state index contributed by atoms with van der Waals surface area (Å²) in [6.45, 7) is 0.827. The molecule has 27 heavy (non-hydrogen) atoms. The van der Waals surface area contributed by atoms with E-state index in [1.807, 2.05) is 24.3 Å². The van der Waals surface area contributed by atoms with Gasteiger partial charge in [-0.15, -0.1) is 0 Å². The largest absolute Gasteiger partial charge is 0.488 e. The maximum atomic E-state index is 10.8. The number of aromatic amines is 1. The summed E-state index contributed by atoms with van der Waals surface area (Å²) in [5, 5.41) is 16.2. The van der Waals surface area contributed by atoms with Crippen LogP contribution in [0, 0.1) is 0 Å². The first-order valence-corrected chi connectivity index (χ1v) is 9.97. The number of H-pyrrole nitrogens is 1. The second-order valence-electron chi connectivity index (χ2n) is 7.21. The van der Waals surface area contributed by atoms with E-state index in [4.69, 9.17) is 16.3 Å². The van der Waals surface area contributed by atoms with Crippen molar-refractivity contribution in [3.05, 3.63) is 65.3 Å². The molecule has 2 aromatic carbocycles. The molecule has 1 aromatic heterocycles. The number of para-hydroxylation sites is 1. The fraction of sp³-hybridized carbons (Fsp3) is 0.364. The van der Waals surface area contributed by atoms with Crippen LogP contribution in [-0.4, -0.2) is 34.9 Å². The molecular formula is C22H25ClN2O2. The van der Waals surface area contributed by atoms with Crippen LogP contribution in [0.15, 0.2) is 54.7 Å². The first-order chi connectivity index (χ1) is 13.2. The Morgan fingerprint density at radius 1 is 1.15 bits per heavy atom. The van der Waals surface area contributed by atoms with Gasteiger partial charge in [-0.3, -0.25) is 0 Å². The van der Waals surface area contributed by atoms with E-state index in [0.717, 1.165) is 32.2 Å². The third kappa shape index (κ3) is 4.29. The van der Waals surface area contributed by atoms with E-state index >= 15 is 0 Å². The zero-order valence-corrected chi connectivity index (χ0v) is 16.0. The lowest BCUT2D eigenvalue weighted by Gasteiger charge is -2.35. The summed E-state index contributed by atoms with van der Waals surface area (Å²) < 4.78 is 6.01. The predicted molar refractivity (Wildman–Crippen MR) is 110 cm³/mol. The molecule has 0 spiro atoms. The van der Waals surface area contributed by atoms with E-state index in [1.54, 1.807) is 6.07 Å². The molecule has 1 aliphatic rings. The number of rotatable bonds is 6. The van der Waals surface area contributed by atoms with Gasteiger partial charge in [0, 0.05) is 28.2 Å². The highest BCUT2D eigenvalue weighted by Crippen LogP contribution is 2.26. The van der Waals surface area contributed by atoms with Crippen molar-refractivity contribution < 1.29 is 9.84 Å². The zero-order valence-electron chi connectivity index (χ0n) is 15.2. The molecule has 3 aromatic rings. The number of ether oxygens (including phenoxy) is 1. The van der Waals surface area contributed by atoms with Crippen LogP contribution in [0.1, 0.15) is 24.8 Å². The Kier molecular flexibility index (Phi) is 5.67. The van der Waals surface area contributed by atoms with Crippen LogP contribution in [0.25, 0.3) is 10.9 Å². The number of nitrogens with one attached hydrogen (secondary N) is 2. The van der Waals surface area contributed by atoms with Crippen molar-refractivity contribution in [1.29, 1.82) is 0 Å². The number of aromatic nitrogens is 1. The molecule has 0 bridgehead atoms. The van der Waals surface area contributed by atoms with Crippen LogP contribution in [0.3, 0.4) is 0 Å². The van der Waals surface area contributed by atoms with Gasteiger partial charge in [0.25, 0.3) is 0 Å². The number of aliphatic hydroxyl groups excluding tert-OH is 1. The Morgan fingerprint density at radius 2 is 2.04 bits per heavy atom. The van der Waals surface area contributed by atoms with Gasteiger partial charge in [0.2, 0.25) is 0 Å². The smallest absolute Gasteiger partial charge is 0.126 e. The Balaban J connectivity index is 1.33. The standard InChI is InChI=1S/C22H25ClN2O2/c23-16-5-3-6-17(13-16)27-21-10-4-9-20(22(21)26)24-12-11-15-14-25-19-8-2-1-7-18(15)19/h1-3,5-8,13-14,20-22,24-26H,4,9-12H2/t20-,21+,22+/m0/s1. The lowest BCUT2D eigenvalue weighted by molar-refractivity contribution is -0.0151. The molecule has 5 heteroatoms. The molecule has 0 saturated heterocycles. The lowest BCUT2D eigenvalue weighted by Crippen LogP contribution is -2.51. The zero-order chi connectivity index (χ0) is 18.6. The number of fused-ring (bicyclic) bond motifs is 1. The minimum Gasteiger partial charge on any atom is -0.488 e. The van der Waals surface area contributed by atoms with Crippen molar-refractivity contribution >= 4 is 22.5 Å². The highest BCUT2D eigenvalue weighted by atomic mass is 35.5. The molecule has 0 unspecified atom stereocenters. The van der Waals surface area contributed by atoms with E-state index in [9.17, 15) is 5.11 Å². The minimum atomic E-state index is -0.527. The molecule has 0 amide bonds. The predicted octanol–water partition coefficient (Wildman–Crippen LogP) is 4.31. The first-order valence-electron chi connectivity index (χ1n) is 9.59. The summed E-state index contributed by atoms with van der Waals surface area (Å²) in [6, 6.07) is 15.8.